The first kappa shape index (κ1) is 18.1. The molecule has 1 aliphatic carbocycles. The number of hydrogen-bond acceptors (Lipinski definition) is 5. The molecule has 2 amide bonds. The van der Waals surface area contributed by atoms with E-state index < -0.39 is 10.0 Å². The van der Waals surface area contributed by atoms with E-state index in [1.54, 1.807) is 11.1 Å². The van der Waals surface area contributed by atoms with Crippen LogP contribution in [0.4, 0.5) is 10.5 Å². The molecule has 0 bridgehead atoms. The van der Waals surface area contributed by atoms with Crippen molar-refractivity contribution >= 4 is 21.7 Å². The number of anilines is 1. The maximum Gasteiger partial charge on any atom is 0.322 e. The van der Waals surface area contributed by atoms with Crippen LogP contribution in [0.3, 0.4) is 0 Å². The molecule has 8 nitrogen and oxygen atoms in total. The zero-order valence-electron chi connectivity index (χ0n) is 14.3. The Morgan fingerprint density at radius 2 is 2.20 bits per heavy atom. The van der Waals surface area contributed by atoms with Crippen LogP contribution in [0.2, 0.25) is 0 Å². The van der Waals surface area contributed by atoms with E-state index in [1.165, 1.54) is 5.56 Å². The Morgan fingerprint density at radius 1 is 1.40 bits per heavy atom. The molecule has 0 aromatic carbocycles. The molecule has 1 aromatic heterocycles. The number of pyridine rings is 1. The second-order valence-corrected chi connectivity index (χ2v) is 8.34. The van der Waals surface area contributed by atoms with E-state index in [2.05, 4.69) is 15.0 Å². The summed E-state index contributed by atoms with van der Waals surface area (Å²) in [6.07, 6.45) is 7.08. The summed E-state index contributed by atoms with van der Waals surface area (Å²) in [5.41, 5.74) is 2.99. The third kappa shape index (κ3) is 4.90. The lowest BCUT2D eigenvalue weighted by Crippen LogP contribution is -2.54. The van der Waals surface area contributed by atoms with E-state index >= 15 is 0 Å². The van der Waals surface area contributed by atoms with E-state index in [4.69, 9.17) is 4.74 Å². The predicted molar refractivity (Wildman–Crippen MR) is 94.1 cm³/mol. The fourth-order valence-electron chi connectivity index (χ4n) is 3.19. The van der Waals surface area contributed by atoms with Gasteiger partial charge in [0.15, 0.2) is 0 Å². The number of fused-ring (bicyclic) bond motifs is 1. The maximum atomic E-state index is 12.6. The Balaban J connectivity index is 1.66. The molecule has 3 rings (SSSR count). The van der Waals surface area contributed by atoms with Crippen molar-refractivity contribution in [2.75, 3.05) is 37.9 Å². The molecule has 1 unspecified atom stereocenters. The second-order valence-electron chi connectivity index (χ2n) is 6.51. The fraction of sp³-hybridized carbons (Fsp3) is 0.625. The molecule has 1 atom stereocenters. The van der Waals surface area contributed by atoms with Crippen molar-refractivity contribution in [1.82, 2.24) is 14.6 Å². The van der Waals surface area contributed by atoms with E-state index in [9.17, 15) is 13.2 Å². The first-order valence-electron chi connectivity index (χ1n) is 8.50. The molecule has 2 aliphatic rings. The van der Waals surface area contributed by atoms with Crippen LogP contribution >= 0.6 is 0 Å². The average molecular weight is 368 g/mol. The molecular weight excluding hydrogens is 344 g/mol. The highest BCUT2D eigenvalue weighted by Gasteiger charge is 2.28. The third-order valence-electron chi connectivity index (χ3n) is 4.49. The Morgan fingerprint density at radius 3 is 3.00 bits per heavy atom. The van der Waals surface area contributed by atoms with Crippen LogP contribution in [-0.2, 0) is 27.6 Å². The highest BCUT2D eigenvalue weighted by molar-refractivity contribution is 7.88. The number of nitrogens with zero attached hydrogens (tertiary/aromatic N) is 2. The smallest absolute Gasteiger partial charge is 0.322 e. The minimum absolute atomic E-state index is 0.134. The molecule has 2 N–H and O–H groups in total. The van der Waals surface area contributed by atoms with Gasteiger partial charge in [0.1, 0.15) is 0 Å². The van der Waals surface area contributed by atoms with E-state index in [1.807, 2.05) is 6.07 Å². The molecule has 138 valence electrons. The van der Waals surface area contributed by atoms with Crippen molar-refractivity contribution < 1.29 is 17.9 Å². The largest absolute Gasteiger partial charge is 0.377 e. The number of sulfonamides is 1. The summed E-state index contributed by atoms with van der Waals surface area (Å²) >= 11 is 0. The summed E-state index contributed by atoms with van der Waals surface area (Å²) in [5.74, 6) is 0. The molecule has 0 saturated carbocycles. The Kier molecular flexibility index (Phi) is 5.55. The van der Waals surface area contributed by atoms with Crippen molar-refractivity contribution in [2.45, 2.75) is 31.7 Å². The van der Waals surface area contributed by atoms with Gasteiger partial charge in [0.05, 0.1) is 37.4 Å². The van der Waals surface area contributed by atoms with Crippen molar-refractivity contribution in [1.29, 1.82) is 0 Å². The van der Waals surface area contributed by atoms with Crippen LogP contribution in [-0.4, -0.2) is 62.9 Å². The van der Waals surface area contributed by atoms with Gasteiger partial charge in [-0.15, -0.1) is 0 Å². The predicted octanol–water partition coefficient (Wildman–Crippen LogP) is 0.742. The quantitative estimate of drug-likeness (QED) is 0.816. The lowest BCUT2D eigenvalue weighted by molar-refractivity contribution is 0.0176. The lowest BCUT2D eigenvalue weighted by atomic mass is 9.96. The molecule has 1 aliphatic heterocycles. The number of urea groups is 1. The first-order chi connectivity index (χ1) is 11.9. The van der Waals surface area contributed by atoms with Crippen LogP contribution in [0, 0.1) is 0 Å². The number of ether oxygens (including phenoxy) is 1. The molecule has 1 fully saturated rings. The number of aryl methyl sites for hydroxylation is 2. The Bertz CT molecular complexity index is 738. The number of hydrogen-bond donors (Lipinski definition) is 2. The fourth-order valence-corrected chi connectivity index (χ4v) is 3.69. The van der Waals surface area contributed by atoms with Gasteiger partial charge >= 0.3 is 6.03 Å². The van der Waals surface area contributed by atoms with Crippen LogP contribution in [0.25, 0.3) is 0 Å². The number of rotatable bonds is 4. The molecule has 2 heterocycles. The number of amides is 2. The Labute approximate surface area is 148 Å². The molecule has 0 spiro atoms. The second kappa shape index (κ2) is 7.67. The van der Waals surface area contributed by atoms with Crippen molar-refractivity contribution in [2.24, 2.45) is 0 Å². The highest BCUT2D eigenvalue weighted by atomic mass is 32.2. The topological polar surface area (TPSA) is 101 Å². The number of morpholine rings is 1. The maximum absolute atomic E-state index is 12.6. The number of nitrogens with one attached hydrogen (secondary N) is 2. The van der Waals surface area contributed by atoms with Crippen molar-refractivity contribution in [3.8, 4) is 0 Å². The van der Waals surface area contributed by atoms with E-state index in [0.29, 0.717) is 25.4 Å². The van der Waals surface area contributed by atoms with E-state index in [-0.39, 0.29) is 18.6 Å². The minimum Gasteiger partial charge on any atom is -0.377 e. The van der Waals surface area contributed by atoms with Gasteiger partial charge < -0.3 is 15.0 Å². The molecule has 25 heavy (non-hydrogen) atoms. The monoisotopic (exact) mass is 368 g/mol. The van der Waals surface area contributed by atoms with Gasteiger partial charge in [0.25, 0.3) is 0 Å². The number of carbonyl (C=O) groups is 1. The average Bonchev–Trinajstić information content (AvgIpc) is 2.59. The van der Waals surface area contributed by atoms with Gasteiger partial charge in [-0.05, 0) is 37.3 Å². The summed E-state index contributed by atoms with van der Waals surface area (Å²) in [7, 11) is -3.32. The molecule has 9 heteroatoms. The number of carbonyl (C=O) groups excluding carboxylic acids is 1. The zero-order chi connectivity index (χ0) is 17.9. The van der Waals surface area contributed by atoms with Crippen molar-refractivity contribution in [3.05, 3.63) is 23.5 Å². The first-order valence-corrected chi connectivity index (χ1v) is 10.4. The Hall–Kier alpha value is -1.71. The lowest BCUT2D eigenvalue weighted by Gasteiger charge is -2.35. The summed E-state index contributed by atoms with van der Waals surface area (Å²) < 4.78 is 30.4. The standard InChI is InChI=1S/C16H24N4O4S/c1-25(22,23)18-10-14-11-24-7-6-20(14)16(21)19-13-8-12-4-2-3-5-15(12)17-9-13/h8-9,14,18H,2-7,10-11H2,1H3,(H,19,21). The normalized spacial score (nSPS) is 20.8. The minimum atomic E-state index is -3.32. The summed E-state index contributed by atoms with van der Waals surface area (Å²) in [4.78, 5) is 18.7. The molecule has 1 aromatic rings. The van der Waals surface area contributed by atoms with Gasteiger partial charge in [-0.1, -0.05) is 0 Å². The van der Waals surface area contributed by atoms with Gasteiger partial charge in [0, 0.05) is 18.8 Å². The van der Waals surface area contributed by atoms with Gasteiger partial charge in [-0.25, -0.2) is 17.9 Å². The van der Waals surface area contributed by atoms with Gasteiger partial charge in [-0.3, -0.25) is 4.98 Å². The van der Waals surface area contributed by atoms with Crippen molar-refractivity contribution in [3.63, 3.8) is 0 Å². The summed E-state index contributed by atoms with van der Waals surface area (Å²) in [6, 6.07) is 1.39. The third-order valence-corrected chi connectivity index (χ3v) is 5.18. The number of aromatic nitrogens is 1. The summed E-state index contributed by atoms with van der Waals surface area (Å²) in [6.45, 7) is 1.29. The van der Waals surface area contributed by atoms with Crippen LogP contribution < -0.4 is 10.0 Å². The molecule has 1 saturated heterocycles. The zero-order valence-corrected chi connectivity index (χ0v) is 15.1. The molecule has 0 radical (unpaired) electrons. The molecular formula is C16H24N4O4S. The van der Waals surface area contributed by atoms with Crippen LogP contribution in [0.5, 0.6) is 0 Å². The van der Waals surface area contributed by atoms with Crippen LogP contribution in [0.15, 0.2) is 12.3 Å². The summed E-state index contributed by atoms with van der Waals surface area (Å²) in [5, 5.41) is 2.88. The van der Waals surface area contributed by atoms with E-state index in [0.717, 1.165) is 37.6 Å². The van der Waals surface area contributed by atoms with Crippen LogP contribution in [0.1, 0.15) is 24.1 Å². The SMILES string of the molecule is CS(=O)(=O)NCC1COCCN1C(=O)Nc1cnc2c(c1)CCCC2. The van der Waals surface area contributed by atoms with Gasteiger partial charge in [0.2, 0.25) is 10.0 Å². The van der Waals surface area contributed by atoms with Gasteiger partial charge in [-0.2, -0.15) is 0 Å². The highest BCUT2D eigenvalue weighted by Crippen LogP contribution is 2.22.